The molecule has 4 nitrogen and oxygen atoms in total. The van der Waals surface area contributed by atoms with Gasteiger partial charge in [0, 0.05) is 6.42 Å². The minimum Gasteiger partial charge on any atom is -0.491 e. The van der Waals surface area contributed by atoms with Gasteiger partial charge in [0.05, 0.1) is 12.2 Å². The highest BCUT2D eigenvalue weighted by Crippen LogP contribution is 2.30. The lowest BCUT2D eigenvalue weighted by molar-refractivity contribution is 0.0685. The number of aromatic carboxylic acids is 1. The highest BCUT2D eigenvalue weighted by Gasteiger charge is 2.27. The average Bonchev–Trinajstić information content (AvgIpc) is 2.17. The third-order valence-electron chi connectivity index (χ3n) is 2.20. The van der Waals surface area contributed by atoms with Gasteiger partial charge in [0.1, 0.15) is 17.1 Å². The monoisotopic (exact) mass is 210 g/mol. The molecule has 0 spiro atoms. The minimum absolute atomic E-state index is 0.0928. The second-order valence-electron chi connectivity index (χ2n) is 3.13. The number of rotatable bonds is 1. The zero-order chi connectivity index (χ0) is 11.0. The standard InChI is InChI=1S/C10H7FO4/c11-6-2-1-5-7(12)3-4-15-9(5)8(6)10(13)14/h1-2H,3-4H2,(H,13,14). The maximum Gasteiger partial charge on any atom is 0.342 e. The molecule has 0 saturated carbocycles. The van der Waals surface area contributed by atoms with E-state index in [0.29, 0.717) is 0 Å². The van der Waals surface area contributed by atoms with Crippen LogP contribution in [0.15, 0.2) is 12.1 Å². The first kappa shape index (κ1) is 9.64. The summed E-state index contributed by atoms with van der Waals surface area (Å²) in [6.45, 7) is 0.0928. The van der Waals surface area contributed by atoms with Crippen molar-refractivity contribution in [1.82, 2.24) is 0 Å². The SMILES string of the molecule is O=C1CCOc2c1ccc(F)c2C(=O)O. The number of halogens is 1. The zero-order valence-corrected chi connectivity index (χ0v) is 7.62. The Bertz CT molecular complexity index is 453. The van der Waals surface area contributed by atoms with Gasteiger partial charge in [0.25, 0.3) is 0 Å². The number of carbonyl (C=O) groups is 2. The molecule has 0 radical (unpaired) electrons. The van der Waals surface area contributed by atoms with E-state index in [4.69, 9.17) is 9.84 Å². The Kier molecular flexibility index (Phi) is 2.15. The molecule has 0 bridgehead atoms. The van der Waals surface area contributed by atoms with Crippen molar-refractivity contribution in [1.29, 1.82) is 0 Å². The van der Waals surface area contributed by atoms with Crippen LogP contribution in [0.25, 0.3) is 0 Å². The molecule has 1 aromatic rings. The fourth-order valence-electron chi connectivity index (χ4n) is 1.51. The third kappa shape index (κ3) is 1.45. The molecule has 1 aliphatic heterocycles. The van der Waals surface area contributed by atoms with Gasteiger partial charge < -0.3 is 9.84 Å². The van der Waals surface area contributed by atoms with E-state index in [1.165, 1.54) is 6.07 Å². The number of hydrogen-bond acceptors (Lipinski definition) is 3. The number of benzene rings is 1. The maximum atomic E-state index is 13.2. The van der Waals surface area contributed by atoms with Gasteiger partial charge in [0.2, 0.25) is 0 Å². The maximum absolute atomic E-state index is 13.2. The number of ketones is 1. The van der Waals surface area contributed by atoms with Crippen molar-refractivity contribution in [3.63, 3.8) is 0 Å². The fraction of sp³-hybridized carbons (Fsp3) is 0.200. The second-order valence-corrected chi connectivity index (χ2v) is 3.13. The van der Waals surface area contributed by atoms with Crippen LogP contribution in [0.3, 0.4) is 0 Å². The molecule has 1 heterocycles. The summed E-state index contributed by atoms with van der Waals surface area (Å²) < 4.78 is 18.2. The molecule has 2 rings (SSSR count). The van der Waals surface area contributed by atoms with E-state index in [9.17, 15) is 14.0 Å². The average molecular weight is 210 g/mol. The summed E-state index contributed by atoms with van der Waals surface area (Å²) in [5.74, 6) is -2.70. The number of hydrogen-bond donors (Lipinski definition) is 1. The van der Waals surface area contributed by atoms with Crippen LogP contribution in [-0.4, -0.2) is 23.5 Å². The van der Waals surface area contributed by atoms with Crippen molar-refractivity contribution < 1.29 is 23.8 Å². The lowest BCUT2D eigenvalue weighted by atomic mass is 10.0. The Hall–Kier alpha value is -1.91. The summed E-state index contributed by atoms with van der Waals surface area (Å²) in [6, 6.07) is 2.22. The summed E-state index contributed by atoms with van der Waals surface area (Å²) in [5.41, 5.74) is -0.430. The van der Waals surface area contributed by atoms with E-state index in [-0.39, 0.29) is 30.1 Å². The van der Waals surface area contributed by atoms with Crippen molar-refractivity contribution in [3.8, 4) is 5.75 Å². The first-order chi connectivity index (χ1) is 7.11. The van der Waals surface area contributed by atoms with Gasteiger partial charge in [-0.2, -0.15) is 0 Å². The number of carboxylic acids is 1. The lowest BCUT2D eigenvalue weighted by Crippen LogP contribution is -2.19. The Morgan fingerprint density at radius 1 is 1.47 bits per heavy atom. The first-order valence-electron chi connectivity index (χ1n) is 4.33. The molecule has 0 fully saturated rings. The summed E-state index contributed by atoms with van der Waals surface area (Å²) in [7, 11) is 0. The van der Waals surface area contributed by atoms with Crippen LogP contribution in [0.2, 0.25) is 0 Å². The van der Waals surface area contributed by atoms with E-state index in [2.05, 4.69) is 0 Å². The molecule has 0 aromatic heterocycles. The van der Waals surface area contributed by atoms with Crippen LogP contribution in [0.5, 0.6) is 5.75 Å². The Morgan fingerprint density at radius 3 is 2.87 bits per heavy atom. The van der Waals surface area contributed by atoms with Crippen molar-refractivity contribution in [3.05, 3.63) is 29.1 Å². The molecule has 15 heavy (non-hydrogen) atoms. The molecule has 1 aliphatic rings. The smallest absolute Gasteiger partial charge is 0.342 e. The topological polar surface area (TPSA) is 63.6 Å². The van der Waals surface area contributed by atoms with Gasteiger partial charge in [0.15, 0.2) is 5.78 Å². The third-order valence-corrected chi connectivity index (χ3v) is 2.20. The molecule has 78 valence electrons. The fourth-order valence-corrected chi connectivity index (χ4v) is 1.51. The van der Waals surface area contributed by atoms with Crippen LogP contribution in [0.1, 0.15) is 27.1 Å². The van der Waals surface area contributed by atoms with Crippen LogP contribution in [0.4, 0.5) is 4.39 Å². The molecule has 1 aromatic carbocycles. The predicted octanol–water partition coefficient (Wildman–Crippen LogP) is 1.49. The summed E-state index contributed by atoms with van der Waals surface area (Å²) in [4.78, 5) is 22.1. The summed E-state index contributed by atoms with van der Waals surface area (Å²) in [5, 5.41) is 8.78. The number of fused-ring (bicyclic) bond motifs is 1. The van der Waals surface area contributed by atoms with Crippen molar-refractivity contribution in [2.24, 2.45) is 0 Å². The molecule has 0 atom stereocenters. The van der Waals surface area contributed by atoms with Crippen LogP contribution < -0.4 is 4.74 Å². The van der Waals surface area contributed by atoms with Gasteiger partial charge in [-0.15, -0.1) is 0 Å². The molecular weight excluding hydrogens is 203 g/mol. The second kappa shape index (κ2) is 3.34. The molecular formula is C10H7FO4. The Labute approximate surface area is 84.3 Å². The van der Waals surface area contributed by atoms with Gasteiger partial charge in [-0.1, -0.05) is 0 Å². The predicted molar refractivity (Wildman–Crippen MR) is 47.8 cm³/mol. The Morgan fingerprint density at radius 2 is 2.20 bits per heavy atom. The van der Waals surface area contributed by atoms with Gasteiger partial charge >= 0.3 is 5.97 Å². The molecule has 1 N–H and O–H groups in total. The highest BCUT2D eigenvalue weighted by atomic mass is 19.1. The molecule has 0 unspecified atom stereocenters. The van der Waals surface area contributed by atoms with Crippen molar-refractivity contribution >= 4 is 11.8 Å². The summed E-state index contributed by atoms with van der Waals surface area (Å²) >= 11 is 0. The van der Waals surface area contributed by atoms with Crippen LogP contribution >= 0.6 is 0 Å². The Balaban J connectivity index is 2.68. The van der Waals surface area contributed by atoms with E-state index in [1.807, 2.05) is 0 Å². The lowest BCUT2D eigenvalue weighted by Gasteiger charge is -2.18. The quantitative estimate of drug-likeness (QED) is 0.762. The molecule has 0 aliphatic carbocycles. The van der Waals surface area contributed by atoms with E-state index in [0.717, 1.165) is 6.07 Å². The number of carbonyl (C=O) groups excluding carboxylic acids is 1. The molecule has 5 heteroatoms. The number of Topliss-reactive ketones (excluding diaryl/α,β-unsaturated/α-hetero) is 1. The van der Waals surface area contributed by atoms with E-state index >= 15 is 0 Å². The number of ether oxygens (including phenoxy) is 1. The normalized spacial score (nSPS) is 14.3. The van der Waals surface area contributed by atoms with Crippen molar-refractivity contribution in [2.45, 2.75) is 6.42 Å². The summed E-state index contributed by atoms with van der Waals surface area (Å²) in [6.07, 6.45) is 0.192. The van der Waals surface area contributed by atoms with Crippen LogP contribution in [0, 0.1) is 5.82 Å². The van der Waals surface area contributed by atoms with Crippen molar-refractivity contribution in [2.75, 3.05) is 6.61 Å². The van der Waals surface area contributed by atoms with Crippen LogP contribution in [-0.2, 0) is 0 Å². The van der Waals surface area contributed by atoms with Gasteiger partial charge in [-0.3, -0.25) is 4.79 Å². The highest BCUT2D eigenvalue weighted by molar-refractivity contribution is 6.04. The van der Waals surface area contributed by atoms with E-state index in [1.54, 1.807) is 0 Å². The van der Waals surface area contributed by atoms with Gasteiger partial charge in [-0.25, -0.2) is 9.18 Å². The molecule has 0 saturated heterocycles. The van der Waals surface area contributed by atoms with Gasteiger partial charge in [-0.05, 0) is 12.1 Å². The zero-order valence-electron chi connectivity index (χ0n) is 7.62. The largest absolute Gasteiger partial charge is 0.491 e. The molecule has 0 amide bonds. The van der Waals surface area contributed by atoms with E-state index < -0.39 is 17.3 Å². The minimum atomic E-state index is -1.43. The number of carboxylic acid groups (broad SMARTS) is 1. The first-order valence-corrected chi connectivity index (χ1v) is 4.33.